The molecule has 4 aromatic rings. The van der Waals surface area contributed by atoms with E-state index < -0.39 is 11.6 Å². The van der Waals surface area contributed by atoms with Crippen molar-refractivity contribution in [2.45, 2.75) is 6.92 Å². The van der Waals surface area contributed by atoms with Gasteiger partial charge in [0.15, 0.2) is 28.7 Å². The molecule has 0 radical (unpaired) electrons. The van der Waals surface area contributed by atoms with Crippen molar-refractivity contribution in [3.05, 3.63) is 64.2 Å². The van der Waals surface area contributed by atoms with Crippen molar-refractivity contribution in [1.82, 2.24) is 19.5 Å². The Hall–Kier alpha value is -4.14. The number of carbonyl (C=O) groups excluding carboxylic acids is 1. The minimum Gasteiger partial charge on any atom is -0.493 e. The number of nitrogens with zero attached hydrogens (tertiary/aromatic N) is 3. The van der Waals surface area contributed by atoms with Gasteiger partial charge < -0.3 is 20.2 Å². The fourth-order valence-electron chi connectivity index (χ4n) is 3.20. The highest BCUT2D eigenvalue weighted by Gasteiger charge is 2.21. The van der Waals surface area contributed by atoms with Crippen LogP contribution in [0.4, 0.5) is 0 Å². The van der Waals surface area contributed by atoms with E-state index in [1.165, 1.54) is 18.8 Å². The zero-order chi connectivity index (χ0) is 21.4. The van der Waals surface area contributed by atoms with E-state index in [4.69, 9.17) is 15.2 Å². The number of hydrogen-bond donors (Lipinski definition) is 2. The Bertz CT molecular complexity index is 1320. The summed E-state index contributed by atoms with van der Waals surface area (Å²) >= 11 is 0. The Morgan fingerprint density at radius 1 is 1.03 bits per heavy atom. The third-order valence-corrected chi connectivity index (χ3v) is 4.71. The van der Waals surface area contributed by atoms with Crippen LogP contribution in [-0.2, 0) is 0 Å². The summed E-state index contributed by atoms with van der Waals surface area (Å²) in [5.74, 6) is 0.474. The van der Waals surface area contributed by atoms with E-state index in [0.29, 0.717) is 22.7 Å². The second-order valence-electron chi connectivity index (χ2n) is 6.63. The fourth-order valence-corrected chi connectivity index (χ4v) is 3.20. The van der Waals surface area contributed by atoms with Crippen LogP contribution in [0.1, 0.15) is 16.1 Å². The standard InChI is InChI=1S/C21H19N5O4/c1-11-4-6-12(7-5-11)19-23-16(18(22)27)17-20(25-19)26(21(28)24-17)13-8-9-14(29-2)15(10-13)30-3/h4-10H,1-3H3,(H2,22,27)(H,24,28). The van der Waals surface area contributed by atoms with Crippen LogP contribution in [0.2, 0.25) is 0 Å². The molecule has 30 heavy (non-hydrogen) atoms. The van der Waals surface area contributed by atoms with Gasteiger partial charge in [-0.3, -0.25) is 4.79 Å². The van der Waals surface area contributed by atoms with E-state index in [2.05, 4.69) is 15.0 Å². The van der Waals surface area contributed by atoms with E-state index in [0.717, 1.165) is 5.56 Å². The molecule has 0 unspecified atom stereocenters. The molecule has 1 amide bonds. The van der Waals surface area contributed by atoms with Gasteiger partial charge in [-0.15, -0.1) is 0 Å². The lowest BCUT2D eigenvalue weighted by Gasteiger charge is -2.10. The molecule has 0 bridgehead atoms. The van der Waals surface area contributed by atoms with Crippen LogP contribution in [0.25, 0.3) is 28.2 Å². The topological polar surface area (TPSA) is 125 Å². The van der Waals surface area contributed by atoms with E-state index >= 15 is 0 Å². The molecule has 3 N–H and O–H groups in total. The fraction of sp³-hybridized carbons (Fsp3) is 0.143. The number of amides is 1. The van der Waals surface area contributed by atoms with Crippen molar-refractivity contribution < 1.29 is 14.3 Å². The summed E-state index contributed by atoms with van der Waals surface area (Å²) < 4.78 is 11.9. The number of aryl methyl sites for hydroxylation is 1. The monoisotopic (exact) mass is 405 g/mol. The summed E-state index contributed by atoms with van der Waals surface area (Å²) in [6.07, 6.45) is 0. The van der Waals surface area contributed by atoms with Crippen LogP contribution >= 0.6 is 0 Å². The van der Waals surface area contributed by atoms with Gasteiger partial charge >= 0.3 is 5.69 Å². The average molecular weight is 405 g/mol. The largest absolute Gasteiger partial charge is 0.493 e. The molecule has 0 saturated heterocycles. The smallest absolute Gasteiger partial charge is 0.332 e. The highest BCUT2D eigenvalue weighted by atomic mass is 16.5. The van der Waals surface area contributed by atoms with Crippen molar-refractivity contribution in [3.8, 4) is 28.6 Å². The van der Waals surface area contributed by atoms with E-state index in [-0.39, 0.29) is 22.7 Å². The molecule has 0 aliphatic carbocycles. The van der Waals surface area contributed by atoms with Gasteiger partial charge in [-0.25, -0.2) is 19.3 Å². The molecule has 0 atom stereocenters. The highest BCUT2D eigenvalue weighted by Crippen LogP contribution is 2.30. The minimum absolute atomic E-state index is 0.0631. The molecular weight excluding hydrogens is 386 g/mol. The minimum atomic E-state index is -0.767. The summed E-state index contributed by atoms with van der Waals surface area (Å²) in [4.78, 5) is 36.3. The summed E-state index contributed by atoms with van der Waals surface area (Å²) in [5, 5.41) is 0. The number of nitrogens with one attached hydrogen (secondary N) is 1. The molecule has 0 aliphatic heterocycles. The number of benzene rings is 2. The second-order valence-corrected chi connectivity index (χ2v) is 6.63. The molecule has 0 saturated carbocycles. The highest BCUT2D eigenvalue weighted by molar-refractivity contribution is 6.02. The Morgan fingerprint density at radius 2 is 1.73 bits per heavy atom. The number of primary amides is 1. The molecule has 4 rings (SSSR count). The first-order valence-corrected chi connectivity index (χ1v) is 9.05. The molecule has 152 valence electrons. The number of rotatable bonds is 5. The molecule has 2 aromatic heterocycles. The number of nitrogens with two attached hydrogens (primary N) is 1. The maximum atomic E-state index is 12.8. The maximum absolute atomic E-state index is 12.8. The van der Waals surface area contributed by atoms with Crippen molar-refractivity contribution in [1.29, 1.82) is 0 Å². The van der Waals surface area contributed by atoms with Crippen LogP contribution in [0.3, 0.4) is 0 Å². The first-order chi connectivity index (χ1) is 14.4. The Balaban J connectivity index is 2.02. The van der Waals surface area contributed by atoms with E-state index in [9.17, 15) is 9.59 Å². The summed E-state index contributed by atoms with van der Waals surface area (Å²) in [6, 6.07) is 12.5. The van der Waals surface area contributed by atoms with Crippen LogP contribution < -0.4 is 20.9 Å². The van der Waals surface area contributed by atoms with Gasteiger partial charge in [-0.05, 0) is 19.1 Å². The molecule has 0 fully saturated rings. The average Bonchev–Trinajstić information content (AvgIpc) is 3.08. The van der Waals surface area contributed by atoms with E-state index in [1.807, 2.05) is 31.2 Å². The zero-order valence-corrected chi connectivity index (χ0v) is 16.6. The lowest BCUT2D eigenvalue weighted by molar-refractivity contribution is 0.0997. The Kier molecular flexibility index (Phi) is 4.71. The number of methoxy groups -OCH3 is 2. The summed E-state index contributed by atoms with van der Waals surface area (Å²) in [5.41, 5.74) is 7.62. The second kappa shape index (κ2) is 7.36. The van der Waals surface area contributed by atoms with Gasteiger partial charge in [0.1, 0.15) is 5.52 Å². The van der Waals surface area contributed by atoms with Crippen LogP contribution in [-0.4, -0.2) is 39.6 Å². The summed E-state index contributed by atoms with van der Waals surface area (Å²) in [6.45, 7) is 1.96. The first-order valence-electron chi connectivity index (χ1n) is 9.05. The van der Waals surface area contributed by atoms with Gasteiger partial charge in [0.25, 0.3) is 5.91 Å². The normalized spacial score (nSPS) is 10.9. The van der Waals surface area contributed by atoms with Crippen LogP contribution in [0, 0.1) is 6.92 Å². The van der Waals surface area contributed by atoms with Crippen LogP contribution in [0.5, 0.6) is 11.5 Å². The molecule has 9 heteroatoms. The molecule has 0 aliphatic rings. The Morgan fingerprint density at radius 3 is 2.37 bits per heavy atom. The van der Waals surface area contributed by atoms with Gasteiger partial charge in [-0.1, -0.05) is 29.8 Å². The number of aromatic amines is 1. The van der Waals surface area contributed by atoms with Gasteiger partial charge in [0.2, 0.25) is 0 Å². The van der Waals surface area contributed by atoms with Crippen molar-refractivity contribution in [2.24, 2.45) is 5.73 Å². The Labute approximate surface area is 171 Å². The number of H-pyrrole nitrogens is 1. The van der Waals surface area contributed by atoms with Crippen molar-refractivity contribution >= 4 is 17.1 Å². The van der Waals surface area contributed by atoms with Gasteiger partial charge in [-0.2, -0.15) is 0 Å². The number of carbonyl (C=O) groups is 1. The predicted molar refractivity (Wildman–Crippen MR) is 111 cm³/mol. The number of ether oxygens (including phenoxy) is 2. The summed E-state index contributed by atoms with van der Waals surface area (Å²) in [7, 11) is 3.03. The quantitative estimate of drug-likeness (QED) is 0.524. The third kappa shape index (κ3) is 3.16. The first kappa shape index (κ1) is 19.2. The molecule has 0 spiro atoms. The number of fused-ring (bicyclic) bond motifs is 1. The van der Waals surface area contributed by atoms with E-state index in [1.54, 1.807) is 18.2 Å². The lowest BCUT2D eigenvalue weighted by atomic mass is 10.1. The van der Waals surface area contributed by atoms with Gasteiger partial charge in [0.05, 0.1) is 19.9 Å². The number of hydrogen-bond acceptors (Lipinski definition) is 6. The lowest BCUT2D eigenvalue weighted by Crippen LogP contribution is -2.15. The molecule has 9 nitrogen and oxygen atoms in total. The predicted octanol–water partition coefficient (Wildman–Crippen LogP) is 2.20. The molecular formula is C21H19N5O4. The third-order valence-electron chi connectivity index (χ3n) is 4.71. The van der Waals surface area contributed by atoms with Crippen LogP contribution in [0.15, 0.2) is 47.3 Å². The maximum Gasteiger partial charge on any atom is 0.332 e. The zero-order valence-electron chi connectivity index (χ0n) is 16.6. The molecule has 2 aromatic carbocycles. The van der Waals surface area contributed by atoms with Crippen molar-refractivity contribution in [3.63, 3.8) is 0 Å². The van der Waals surface area contributed by atoms with Crippen molar-refractivity contribution in [2.75, 3.05) is 14.2 Å². The molecule has 2 heterocycles. The number of aromatic nitrogens is 4. The SMILES string of the molecule is COc1ccc(-n2c(=O)[nH]c3c(C(N)=O)nc(-c4ccc(C)cc4)nc32)cc1OC. The number of imidazole rings is 1. The van der Waals surface area contributed by atoms with Gasteiger partial charge in [0, 0.05) is 11.6 Å².